The van der Waals surface area contributed by atoms with Gasteiger partial charge in [-0.05, 0) is 36.2 Å². The van der Waals surface area contributed by atoms with Crippen molar-refractivity contribution < 1.29 is 9.53 Å². The molecule has 1 aliphatic heterocycles. The topological polar surface area (TPSA) is 55.3 Å². The molecule has 5 nitrogen and oxygen atoms in total. The van der Waals surface area contributed by atoms with Crippen LogP contribution in [0, 0.1) is 6.92 Å². The largest absolute Gasteiger partial charge is 0.471 e. The Morgan fingerprint density at radius 3 is 2.41 bits per heavy atom. The fourth-order valence-electron chi connectivity index (χ4n) is 3.25. The second kappa shape index (κ2) is 7.58. The van der Waals surface area contributed by atoms with E-state index < -0.39 is 0 Å². The summed E-state index contributed by atoms with van der Waals surface area (Å²) in [7, 11) is 0. The predicted molar refractivity (Wildman–Crippen MR) is 104 cm³/mol. The van der Waals surface area contributed by atoms with Gasteiger partial charge in [0.25, 0.3) is 5.91 Å². The molecule has 1 aromatic heterocycles. The van der Waals surface area contributed by atoms with Crippen molar-refractivity contribution in [2.24, 2.45) is 0 Å². The van der Waals surface area contributed by atoms with Crippen LogP contribution in [0.4, 0.5) is 0 Å². The lowest BCUT2D eigenvalue weighted by Crippen LogP contribution is -2.31. The second-order valence-corrected chi connectivity index (χ2v) is 6.74. The number of aryl methyl sites for hydroxylation is 1. The fraction of sp³-hybridized carbons (Fsp3) is 0.227. The monoisotopic (exact) mass is 359 g/mol. The molecule has 0 spiro atoms. The van der Waals surface area contributed by atoms with Crippen LogP contribution in [0.3, 0.4) is 0 Å². The first-order valence-corrected chi connectivity index (χ1v) is 9.11. The van der Waals surface area contributed by atoms with Gasteiger partial charge in [-0.3, -0.25) is 4.79 Å². The highest BCUT2D eigenvalue weighted by atomic mass is 16.5. The van der Waals surface area contributed by atoms with Gasteiger partial charge in [0.05, 0.1) is 12.2 Å². The summed E-state index contributed by atoms with van der Waals surface area (Å²) < 4.78 is 5.86. The zero-order valence-electron chi connectivity index (χ0n) is 15.2. The number of rotatable bonds is 4. The molecule has 1 fully saturated rings. The van der Waals surface area contributed by atoms with E-state index in [0.29, 0.717) is 24.5 Å². The molecule has 1 saturated heterocycles. The van der Waals surface area contributed by atoms with E-state index in [0.717, 1.165) is 23.2 Å². The van der Waals surface area contributed by atoms with Crippen molar-refractivity contribution in [1.29, 1.82) is 0 Å². The van der Waals surface area contributed by atoms with Gasteiger partial charge in [0.2, 0.25) is 5.88 Å². The van der Waals surface area contributed by atoms with Crippen LogP contribution in [-0.4, -0.2) is 40.2 Å². The molecule has 3 aromatic rings. The number of hydrogen-bond acceptors (Lipinski definition) is 4. The number of aromatic nitrogens is 2. The Bertz CT molecular complexity index is 909. The van der Waals surface area contributed by atoms with Crippen LogP contribution in [0.25, 0.3) is 11.1 Å². The van der Waals surface area contributed by atoms with Gasteiger partial charge in [-0.25, -0.2) is 0 Å². The second-order valence-electron chi connectivity index (χ2n) is 6.74. The molecule has 4 rings (SSSR count). The molecule has 0 aliphatic carbocycles. The van der Waals surface area contributed by atoms with E-state index in [9.17, 15) is 4.79 Å². The molecule has 2 aromatic carbocycles. The maximum atomic E-state index is 12.8. The number of amides is 1. The average Bonchev–Trinajstić information content (AvgIpc) is 3.18. The summed E-state index contributed by atoms with van der Waals surface area (Å²) in [6.45, 7) is 3.13. The van der Waals surface area contributed by atoms with Crippen LogP contribution < -0.4 is 4.74 Å². The van der Waals surface area contributed by atoms with Crippen molar-refractivity contribution in [2.75, 3.05) is 13.1 Å². The molecule has 0 saturated carbocycles. The summed E-state index contributed by atoms with van der Waals surface area (Å²) in [6.07, 6.45) is 0.748. The van der Waals surface area contributed by atoms with Gasteiger partial charge in [-0.15, -0.1) is 5.10 Å². The number of ether oxygens (including phenoxy) is 1. The zero-order valence-corrected chi connectivity index (χ0v) is 15.2. The van der Waals surface area contributed by atoms with Crippen molar-refractivity contribution in [1.82, 2.24) is 15.1 Å². The first-order valence-electron chi connectivity index (χ1n) is 9.11. The highest BCUT2D eigenvalue weighted by Crippen LogP contribution is 2.22. The van der Waals surface area contributed by atoms with Crippen molar-refractivity contribution >= 4 is 5.91 Å². The third-order valence-corrected chi connectivity index (χ3v) is 4.73. The molecule has 0 N–H and O–H groups in total. The minimum Gasteiger partial charge on any atom is -0.471 e. The Kier molecular flexibility index (Phi) is 4.83. The van der Waals surface area contributed by atoms with E-state index in [4.69, 9.17) is 4.74 Å². The van der Waals surface area contributed by atoms with Gasteiger partial charge in [-0.1, -0.05) is 42.5 Å². The normalized spacial score (nSPS) is 16.3. The van der Waals surface area contributed by atoms with Crippen molar-refractivity contribution in [3.05, 3.63) is 78.0 Å². The van der Waals surface area contributed by atoms with Crippen LogP contribution in [0.5, 0.6) is 5.88 Å². The van der Waals surface area contributed by atoms with Gasteiger partial charge in [0, 0.05) is 24.6 Å². The van der Waals surface area contributed by atoms with E-state index in [1.54, 1.807) is 0 Å². The van der Waals surface area contributed by atoms with Crippen LogP contribution >= 0.6 is 0 Å². The van der Waals surface area contributed by atoms with Gasteiger partial charge in [0.1, 0.15) is 6.10 Å². The predicted octanol–water partition coefficient (Wildman–Crippen LogP) is 3.75. The smallest absolute Gasteiger partial charge is 0.253 e. The molecule has 0 radical (unpaired) electrons. The lowest BCUT2D eigenvalue weighted by molar-refractivity contribution is 0.0771. The summed E-state index contributed by atoms with van der Waals surface area (Å²) in [5, 5.41) is 8.03. The molecule has 136 valence electrons. The fourth-order valence-corrected chi connectivity index (χ4v) is 3.25. The molecule has 1 amide bonds. The van der Waals surface area contributed by atoms with E-state index in [1.807, 2.05) is 66.4 Å². The minimum atomic E-state index is -0.0467. The highest BCUT2D eigenvalue weighted by Gasteiger charge is 2.28. The summed E-state index contributed by atoms with van der Waals surface area (Å²) in [4.78, 5) is 14.6. The number of carbonyl (C=O) groups is 1. The molecular formula is C22H21N3O2. The van der Waals surface area contributed by atoms with Gasteiger partial charge >= 0.3 is 0 Å². The summed E-state index contributed by atoms with van der Waals surface area (Å²) in [5.41, 5.74) is 3.80. The Labute approximate surface area is 158 Å². The zero-order chi connectivity index (χ0) is 18.6. The molecule has 1 atom stereocenters. The Morgan fingerprint density at radius 2 is 1.70 bits per heavy atom. The maximum Gasteiger partial charge on any atom is 0.253 e. The molecule has 1 unspecified atom stereocenters. The number of benzene rings is 2. The van der Waals surface area contributed by atoms with E-state index in [1.165, 1.54) is 0 Å². The minimum absolute atomic E-state index is 0.0377. The van der Waals surface area contributed by atoms with Crippen molar-refractivity contribution in [3.8, 4) is 17.0 Å². The van der Waals surface area contributed by atoms with Gasteiger partial charge < -0.3 is 9.64 Å². The summed E-state index contributed by atoms with van der Waals surface area (Å²) >= 11 is 0. The third-order valence-electron chi connectivity index (χ3n) is 4.73. The maximum absolute atomic E-state index is 12.8. The molecule has 0 bridgehead atoms. The van der Waals surface area contributed by atoms with Gasteiger partial charge in [-0.2, -0.15) is 5.10 Å². The standard InChI is InChI=1S/C22H21N3O2/c1-16-7-12-21(24-23-16)27-20-13-14-25(15-20)22(26)19-10-8-18(9-11-19)17-5-3-2-4-6-17/h2-12,20H,13-15H2,1H3. The molecule has 1 aliphatic rings. The van der Waals surface area contributed by atoms with Crippen LogP contribution in [0.1, 0.15) is 22.5 Å². The van der Waals surface area contributed by atoms with Gasteiger partial charge in [0.15, 0.2) is 0 Å². The number of hydrogen-bond donors (Lipinski definition) is 0. The number of nitrogens with zero attached hydrogens (tertiary/aromatic N) is 3. The summed E-state index contributed by atoms with van der Waals surface area (Å²) in [5.74, 6) is 0.544. The third kappa shape index (κ3) is 3.97. The lowest BCUT2D eigenvalue weighted by atomic mass is 10.0. The van der Waals surface area contributed by atoms with Crippen LogP contribution in [0.2, 0.25) is 0 Å². The molecular weight excluding hydrogens is 338 g/mol. The molecule has 2 heterocycles. The molecule has 5 heteroatoms. The molecule has 27 heavy (non-hydrogen) atoms. The quantitative estimate of drug-likeness (QED) is 0.712. The Balaban J connectivity index is 1.39. The first-order chi connectivity index (χ1) is 13.2. The average molecular weight is 359 g/mol. The van der Waals surface area contributed by atoms with Crippen LogP contribution in [-0.2, 0) is 0 Å². The van der Waals surface area contributed by atoms with Crippen molar-refractivity contribution in [2.45, 2.75) is 19.4 Å². The van der Waals surface area contributed by atoms with E-state index in [2.05, 4.69) is 22.3 Å². The lowest BCUT2D eigenvalue weighted by Gasteiger charge is -2.17. The summed E-state index contributed by atoms with van der Waals surface area (Å²) in [6, 6.07) is 21.6. The number of carbonyl (C=O) groups excluding carboxylic acids is 1. The van der Waals surface area contributed by atoms with Crippen LogP contribution in [0.15, 0.2) is 66.7 Å². The first kappa shape index (κ1) is 17.2. The van der Waals surface area contributed by atoms with E-state index >= 15 is 0 Å². The van der Waals surface area contributed by atoms with Crippen molar-refractivity contribution in [3.63, 3.8) is 0 Å². The SMILES string of the molecule is Cc1ccc(OC2CCN(C(=O)c3ccc(-c4ccccc4)cc3)C2)nn1. The van der Waals surface area contributed by atoms with E-state index in [-0.39, 0.29) is 12.0 Å². The Morgan fingerprint density at radius 1 is 0.963 bits per heavy atom. The Hall–Kier alpha value is -3.21. The number of likely N-dealkylation sites (tertiary alicyclic amines) is 1. The highest BCUT2D eigenvalue weighted by molar-refractivity contribution is 5.95.